The van der Waals surface area contributed by atoms with Crippen LogP contribution in [-0.4, -0.2) is 45.4 Å². The molecule has 5 heteroatoms. The van der Waals surface area contributed by atoms with Gasteiger partial charge < -0.3 is 19.1 Å². The number of rotatable bonds is 11. The first-order chi connectivity index (χ1) is 16.1. The van der Waals surface area contributed by atoms with E-state index < -0.39 is 0 Å². The molecule has 0 aliphatic heterocycles. The van der Waals surface area contributed by atoms with Crippen LogP contribution in [-0.2, 0) is 0 Å². The second-order valence-electron chi connectivity index (χ2n) is 7.55. The predicted molar refractivity (Wildman–Crippen MR) is 137 cm³/mol. The molecule has 0 saturated heterocycles. The van der Waals surface area contributed by atoms with E-state index in [1.807, 2.05) is 60.7 Å². The molecule has 3 aromatic carbocycles. The minimum absolute atomic E-state index is 0.662. The maximum Gasteiger partial charge on any atom is 0.119 e. The fourth-order valence-electron chi connectivity index (χ4n) is 3.61. The van der Waals surface area contributed by atoms with Crippen molar-refractivity contribution in [1.29, 1.82) is 0 Å². The van der Waals surface area contributed by atoms with Gasteiger partial charge in [-0.2, -0.15) is 0 Å². The highest BCUT2D eigenvalue weighted by atomic mass is 35.5. The maximum absolute atomic E-state index is 6.97. The van der Waals surface area contributed by atoms with Crippen LogP contribution in [0.3, 0.4) is 0 Å². The molecule has 3 rings (SSSR count). The summed E-state index contributed by atoms with van der Waals surface area (Å²) in [5.74, 6) is 2.44. The highest BCUT2D eigenvalue weighted by Gasteiger charge is 2.14. The number of methoxy groups -OCH3 is 2. The number of likely N-dealkylation sites (N-methyl/N-ethyl adjacent to an activating group) is 1. The maximum atomic E-state index is 6.97. The number of ether oxygens (including phenoxy) is 3. The average molecular weight is 466 g/mol. The Labute approximate surface area is 202 Å². The Morgan fingerprint density at radius 2 is 1.09 bits per heavy atom. The van der Waals surface area contributed by atoms with Gasteiger partial charge in [0.25, 0.3) is 0 Å². The Morgan fingerprint density at radius 1 is 0.667 bits per heavy atom. The Hall–Kier alpha value is -2.95. The summed E-state index contributed by atoms with van der Waals surface area (Å²) in [6.45, 7) is 7.96. The van der Waals surface area contributed by atoms with Crippen molar-refractivity contribution >= 4 is 22.2 Å². The van der Waals surface area contributed by atoms with Gasteiger partial charge in [-0.15, -0.1) is 0 Å². The van der Waals surface area contributed by atoms with E-state index in [2.05, 4.69) is 30.9 Å². The van der Waals surface area contributed by atoms with Crippen LogP contribution >= 0.6 is 11.6 Å². The summed E-state index contributed by atoms with van der Waals surface area (Å²) < 4.78 is 16.6. The molecule has 0 aliphatic carbocycles. The predicted octanol–water partition coefficient (Wildman–Crippen LogP) is 6.58. The van der Waals surface area contributed by atoms with E-state index in [1.165, 1.54) is 0 Å². The molecule has 0 N–H and O–H groups in total. The molecule has 0 radical (unpaired) electrons. The number of halogens is 1. The number of hydrogen-bond acceptors (Lipinski definition) is 4. The molecule has 0 amide bonds. The molecule has 0 aromatic heterocycles. The summed E-state index contributed by atoms with van der Waals surface area (Å²) in [4.78, 5) is 2.34. The third-order valence-corrected chi connectivity index (χ3v) is 6.06. The molecule has 0 aliphatic rings. The highest BCUT2D eigenvalue weighted by molar-refractivity contribution is 6.53. The van der Waals surface area contributed by atoms with Crippen LogP contribution in [0.2, 0.25) is 0 Å². The number of nitrogens with zero attached hydrogens (tertiary/aromatic N) is 1. The molecule has 0 unspecified atom stereocenters. The van der Waals surface area contributed by atoms with E-state index in [0.29, 0.717) is 11.6 Å². The fourth-order valence-corrected chi connectivity index (χ4v) is 3.95. The van der Waals surface area contributed by atoms with Gasteiger partial charge >= 0.3 is 0 Å². The van der Waals surface area contributed by atoms with Gasteiger partial charge in [-0.05, 0) is 78.3 Å². The summed E-state index contributed by atoms with van der Waals surface area (Å²) in [5.41, 5.74) is 3.88. The van der Waals surface area contributed by atoms with E-state index >= 15 is 0 Å². The lowest BCUT2D eigenvalue weighted by Crippen LogP contribution is -2.27. The van der Waals surface area contributed by atoms with Crippen molar-refractivity contribution in [3.05, 3.63) is 89.5 Å². The first-order valence-electron chi connectivity index (χ1n) is 11.2. The standard InChI is InChI=1S/C28H32ClNO3/c1-5-30(6-2)19-20-33-26-17-9-22(10-18-26)27(21-7-13-24(31-3)14-8-21)28(29)23-11-15-25(32-4)16-12-23/h7-18H,5-6,19-20H2,1-4H3/b28-27+. The SMILES string of the molecule is CCN(CC)CCOc1ccc(/C(=C(/Cl)c2ccc(OC)cc2)c2ccc(OC)cc2)cc1. The molecule has 4 nitrogen and oxygen atoms in total. The molecule has 0 bridgehead atoms. The Kier molecular flexibility index (Phi) is 9.23. The smallest absolute Gasteiger partial charge is 0.119 e. The van der Waals surface area contributed by atoms with Crippen molar-refractivity contribution in [1.82, 2.24) is 4.90 Å². The molecule has 0 fully saturated rings. The van der Waals surface area contributed by atoms with Crippen LogP contribution in [0.25, 0.3) is 10.6 Å². The molecule has 33 heavy (non-hydrogen) atoms. The van der Waals surface area contributed by atoms with Crippen LogP contribution < -0.4 is 14.2 Å². The molecule has 0 atom stereocenters. The first-order valence-corrected chi connectivity index (χ1v) is 11.6. The van der Waals surface area contributed by atoms with Crippen molar-refractivity contribution in [2.45, 2.75) is 13.8 Å². The van der Waals surface area contributed by atoms with E-state index in [1.54, 1.807) is 14.2 Å². The quantitative estimate of drug-likeness (QED) is 0.299. The summed E-state index contributed by atoms with van der Waals surface area (Å²) in [7, 11) is 3.32. The van der Waals surface area contributed by atoms with Gasteiger partial charge in [-0.1, -0.05) is 49.7 Å². The normalized spacial score (nSPS) is 11.8. The summed E-state index contributed by atoms with van der Waals surface area (Å²) in [5, 5.41) is 0.665. The lowest BCUT2D eigenvalue weighted by molar-refractivity contribution is 0.223. The van der Waals surface area contributed by atoms with Crippen molar-refractivity contribution in [3.63, 3.8) is 0 Å². The average Bonchev–Trinajstić information content (AvgIpc) is 2.88. The number of benzene rings is 3. The van der Waals surface area contributed by atoms with E-state index in [0.717, 1.165) is 59.1 Å². The van der Waals surface area contributed by atoms with E-state index in [4.69, 9.17) is 25.8 Å². The zero-order valence-electron chi connectivity index (χ0n) is 19.8. The zero-order chi connectivity index (χ0) is 23.6. The molecular formula is C28H32ClNO3. The minimum atomic E-state index is 0.662. The summed E-state index contributed by atoms with van der Waals surface area (Å²) in [6.07, 6.45) is 0. The third-order valence-electron chi connectivity index (χ3n) is 5.66. The highest BCUT2D eigenvalue weighted by Crippen LogP contribution is 2.36. The van der Waals surface area contributed by atoms with Gasteiger partial charge in [0.2, 0.25) is 0 Å². The Bertz CT molecular complexity index is 1020. The van der Waals surface area contributed by atoms with Gasteiger partial charge in [-0.25, -0.2) is 0 Å². The van der Waals surface area contributed by atoms with Crippen molar-refractivity contribution in [2.75, 3.05) is 40.5 Å². The Balaban J connectivity index is 1.91. The fraction of sp³-hybridized carbons (Fsp3) is 0.286. The lowest BCUT2D eigenvalue weighted by Gasteiger charge is -2.18. The molecular weight excluding hydrogens is 434 g/mol. The van der Waals surface area contributed by atoms with Gasteiger partial charge in [-0.3, -0.25) is 0 Å². The second kappa shape index (κ2) is 12.3. The van der Waals surface area contributed by atoms with Gasteiger partial charge in [0.15, 0.2) is 0 Å². The third kappa shape index (κ3) is 6.53. The lowest BCUT2D eigenvalue weighted by atomic mass is 9.95. The molecule has 174 valence electrons. The van der Waals surface area contributed by atoms with E-state index in [9.17, 15) is 0 Å². The largest absolute Gasteiger partial charge is 0.497 e. The monoisotopic (exact) mass is 465 g/mol. The van der Waals surface area contributed by atoms with Crippen LogP contribution in [0.5, 0.6) is 17.2 Å². The second-order valence-corrected chi connectivity index (χ2v) is 7.92. The first kappa shape index (κ1) is 24.7. The number of hydrogen-bond donors (Lipinski definition) is 0. The molecule has 0 saturated carbocycles. The van der Waals surface area contributed by atoms with Crippen LogP contribution in [0, 0.1) is 0 Å². The summed E-state index contributed by atoms with van der Waals surface area (Å²) in [6, 6.07) is 23.8. The van der Waals surface area contributed by atoms with Crippen LogP contribution in [0.4, 0.5) is 0 Å². The van der Waals surface area contributed by atoms with Gasteiger partial charge in [0.1, 0.15) is 23.9 Å². The Morgan fingerprint density at radius 3 is 1.52 bits per heavy atom. The van der Waals surface area contributed by atoms with Crippen molar-refractivity contribution in [2.24, 2.45) is 0 Å². The molecule has 3 aromatic rings. The molecule has 0 spiro atoms. The van der Waals surface area contributed by atoms with Gasteiger partial charge in [0, 0.05) is 12.1 Å². The topological polar surface area (TPSA) is 30.9 Å². The van der Waals surface area contributed by atoms with Gasteiger partial charge in [0.05, 0.1) is 19.3 Å². The minimum Gasteiger partial charge on any atom is -0.497 e. The van der Waals surface area contributed by atoms with Crippen LogP contribution in [0.1, 0.15) is 30.5 Å². The molecule has 0 heterocycles. The van der Waals surface area contributed by atoms with E-state index in [-0.39, 0.29) is 0 Å². The summed E-state index contributed by atoms with van der Waals surface area (Å²) >= 11 is 6.97. The zero-order valence-corrected chi connectivity index (χ0v) is 20.6. The van der Waals surface area contributed by atoms with Crippen molar-refractivity contribution in [3.8, 4) is 17.2 Å². The van der Waals surface area contributed by atoms with Crippen LogP contribution in [0.15, 0.2) is 72.8 Å². The van der Waals surface area contributed by atoms with Crippen molar-refractivity contribution < 1.29 is 14.2 Å².